The molecule has 0 fully saturated rings. The van der Waals surface area contributed by atoms with Crippen molar-refractivity contribution in [2.45, 2.75) is 16.8 Å². The summed E-state index contributed by atoms with van der Waals surface area (Å²) in [5.74, 6) is -0.664. The maximum atomic E-state index is 12.4. The first kappa shape index (κ1) is 15.8. The second-order valence-electron chi connectivity index (χ2n) is 3.79. The number of nitrogens with zero attached hydrogens (tertiary/aromatic N) is 1. The minimum atomic E-state index is -4.45. The molecule has 0 amide bonds. The Morgan fingerprint density at radius 3 is 2.57 bits per heavy atom. The third kappa shape index (κ3) is 4.21. The van der Waals surface area contributed by atoms with Gasteiger partial charge in [-0.2, -0.15) is 13.2 Å². The fourth-order valence-electron chi connectivity index (χ4n) is 1.57. The molecule has 0 aliphatic heterocycles. The van der Waals surface area contributed by atoms with Crippen molar-refractivity contribution in [1.82, 2.24) is 4.98 Å². The lowest BCUT2D eigenvalue weighted by Gasteiger charge is -2.01. The number of esters is 1. The summed E-state index contributed by atoms with van der Waals surface area (Å²) in [4.78, 5) is 15.9. The number of carbonyl (C=O) groups is 1. The van der Waals surface area contributed by atoms with Crippen molar-refractivity contribution >= 4 is 29.1 Å². The molecule has 0 spiro atoms. The topological polar surface area (TPSA) is 39.2 Å². The molecule has 112 valence electrons. The van der Waals surface area contributed by atoms with Gasteiger partial charge in [0.15, 0.2) is 4.34 Å². The van der Waals surface area contributed by atoms with Crippen LogP contribution in [0.1, 0.15) is 16.6 Å². The highest BCUT2D eigenvalue weighted by Crippen LogP contribution is 2.41. The molecule has 21 heavy (non-hydrogen) atoms. The fraction of sp³-hybridized carbons (Fsp3) is 0.231. The molecule has 0 atom stereocenters. The number of hydrogen-bond donors (Lipinski definition) is 0. The Labute approximate surface area is 127 Å². The molecule has 0 aliphatic rings. The van der Waals surface area contributed by atoms with Gasteiger partial charge in [0.2, 0.25) is 0 Å². The van der Waals surface area contributed by atoms with Crippen molar-refractivity contribution in [3.8, 4) is 11.3 Å². The number of thioether (sulfide) groups is 1. The van der Waals surface area contributed by atoms with Gasteiger partial charge in [-0.25, -0.2) is 9.78 Å². The molecule has 0 unspecified atom stereocenters. The average Bonchev–Trinajstić information content (AvgIpc) is 2.82. The van der Waals surface area contributed by atoms with E-state index in [-0.39, 0.29) is 33.3 Å². The number of thiazole rings is 1. The van der Waals surface area contributed by atoms with Gasteiger partial charge in [0.25, 0.3) is 0 Å². The molecule has 0 N–H and O–H groups in total. The van der Waals surface area contributed by atoms with Crippen LogP contribution in [0.4, 0.5) is 13.2 Å². The second-order valence-corrected chi connectivity index (χ2v) is 6.10. The molecule has 1 heterocycles. The van der Waals surface area contributed by atoms with Gasteiger partial charge in [0, 0.05) is 17.3 Å². The van der Waals surface area contributed by atoms with Gasteiger partial charge in [-0.1, -0.05) is 41.7 Å². The van der Waals surface area contributed by atoms with Gasteiger partial charge in [-0.3, -0.25) is 0 Å². The van der Waals surface area contributed by atoms with Crippen LogP contribution >= 0.6 is 23.1 Å². The number of alkyl halides is 3. The van der Waals surface area contributed by atoms with Crippen molar-refractivity contribution in [3.05, 3.63) is 35.2 Å². The third-order valence-corrected chi connectivity index (χ3v) is 4.15. The van der Waals surface area contributed by atoms with Gasteiger partial charge in [0.05, 0.1) is 12.3 Å². The standard InChI is InChI=1S/C13H10F3NO2S2/c1-2-19-11(18)10-9(8-6-4-3-5-7-8)17-12(20-10)21-13(14,15)16/h3-7H,2H2,1H3. The van der Waals surface area contributed by atoms with E-state index in [2.05, 4.69) is 4.98 Å². The van der Waals surface area contributed by atoms with Crippen LogP contribution in [0.3, 0.4) is 0 Å². The monoisotopic (exact) mass is 333 g/mol. The summed E-state index contributed by atoms with van der Waals surface area (Å²) in [6.45, 7) is 1.78. The van der Waals surface area contributed by atoms with Gasteiger partial charge in [-0.15, -0.1) is 0 Å². The average molecular weight is 333 g/mol. The molecule has 3 nitrogen and oxygen atoms in total. The molecule has 8 heteroatoms. The summed E-state index contributed by atoms with van der Waals surface area (Å²) < 4.78 is 42.0. The Morgan fingerprint density at radius 1 is 1.33 bits per heavy atom. The van der Waals surface area contributed by atoms with Crippen LogP contribution in [0.15, 0.2) is 34.7 Å². The van der Waals surface area contributed by atoms with Crippen LogP contribution in [-0.2, 0) is 4.74 Å². The first-order valence-corrected chi connectivity index (χ1v) is 7.53. The summed E-state index contributed by atoms with van der Waals surface area (Å²) >= 11 is 0.352. The molecule has 0 aliphatic carbocycles. The summed E-state index contributed by atoms with van der Waals surface area (Å²) in [6, 6.07) is 8.57. The molecule has 0 saturated carbocycles. The second kappa shape index (κ2) is 6.48. The first-order chi connectivity index (χ1) is 9.90. The lowest BCUT2D eigenvalue weighted by atomic mass is 10.1. The fourth-order valence-corrected chi connectivity index (χ4v) is 3.32. The quantitative estimate of drug-likeness (QED) is 0.605. The molecule has 1 aromatic carbocycles. The van der Waals surface area contributed by atoms with Crippen molar-refractivity contribution in [2.24, 2.45) is 0 Å². The Kier molecular flexibility index (Phi) is 4.89. The largest absolute Gasteiger partial charge is 0.462 e. The normalized spacial score (nSPS) is 11.4. The van der Waals surface area contributed by atoms with Crippen LogP contribution in [0.2, 0.25) is 0 Å². The Balaban J connectivity index is 2.43. The summed E-state index contributed by atoms with van der Waals surface area (Å²) in [5.41, 5.74) is -3.66. The van der Waals surface area contributed by atoms with Gasteiger partial charge >= 0.3 is 11.5 Å². The van der Waals surface area contributed by atoms with Gasteiger partial charge in [-0.05, 0) is 6.92 Å². The van der Waals surface area contributed by atoms with Crippen LogP contribution < -0.4 is 0 Å². The van der Waals surface area contributed by atoms with Gasteiger partial charge in [0.1, 0.15) is 4.88 Å². The number of rotatable bonds is 4. The Hall–Kier alpha value is -1.54. The lowest BCUT2D eigenvalue weighted by Crippen LogP contribution is -2.03. The van der Waals surface area contributed by atoms with Crippen LogP contribution in [0.5, 0.6) is 0 Å². The highest BCUT2D eigenvalue weighted by molar-refractivity contribution is 8.01. The summed E-state index contributed by atoms with van der Waals surface area (Å²) in [6.07, 6.45) is 0. The number of hydrogen-bond acceptors (Lipinski definition) is 5. The first-order valence-electron chi connectivity index (χ1n) is 5.90. The third-order valence-electron chi connectivity index (χ3n) is 2.32. The van der Waals surface area contributed by atoms with Crippen molar-refractivity contribution < 1.29 is 22.7 Å². The van der Waals surface area contributed by atoms with Crippen LogP contribution in [0.25, 0.3) is 11.3 Å². The smallest absolute Gasteiger partial charge is 0.448 e. The van der Waals surface area contributed by atoms with E-state index in [1.165, 1.54) is 0 Å². The SMILES string of the molecule is CCOC(=O)c1sc(SC(F)(F)F)nc1-c1ccccc1. The minimum absolute atomic E-state index is 0.0785. The van der Waals surface area contributed by atoms with E-state index in [4.69, 9.17) is 4.74 Å². The molecule has 2 rings (SSSR count). The zero-order chi connectivity index (χ0) is 15.5. The van der Waals surface area contributed by atoms with Crippen LogP contribution in [-0.4, -0.2) is 23.1 Å². The van der Waals surface area contributed by atoms with Crippen molar-refractivity contribution in [1.29, 1.82) is 0 Å². The molecular weight excluding hydrogens is 323 g/mol. The zero-order valence-corrected chi connectivity index (χ0v) is 12.4. The highest BCUT2D eigenvalue weighted by Gasteiger charge is 2.33. The predicted molar refractivity (Wildman–Crippen MR) is 75.4 cm³/mol. The number of ether oxygens (including phenoxy) is 1. The van der Waals surface area contributed by atoms with E-state index >= 15 is 0 Å². The number of halogens is 3. The molecule has 0 radical (unpaired) electrons. The van der Waals surface area contributed by atoms with Crippen LogP contribution in [0, 0.1) is 0 Å². The number of benzene rings is 1. The number of carbonyl (C=O) groups excluding carboxylic acids is 1. The van der Waals surface area contributed by atoms with Crippen molar-refractivity contribution in [3.63, 3.8) is 0 Å². The summed E-state index contributed by atoms with van der Waals surface area (Å²) in [7, 11) is 0. The maximum absolute atomic E-state index is 12.4. The minimum Gasteiger partial charge on any atom is -0.462 e. The van der Waals surface area contributed by atoms with E-state index in [1.54, 1.807) is 37.3 Å². The van der Waals surface area contributed by atoms with E-state index in [9.17, 15) is 18.0 Å². The molecule has 1 aromatic heterocycles. The Morgan fingerprint density at radius 2 is 2.00 bits per heavy atom. The molecule has 2 aromatic rings. The lowest BCUT2D eigenvalue weighted by molar-refractivity contribution is -0.0328. The summed E-state index contributed by atoms with van der Waals surface area (Å²) in [5, 5.41) is 0. The van der Waals surface area contributed by atoms with E-state index in [1.807, 2.05) is 0 Å². The number of aromatic nitrogens is 1. The van der Waals surface area contributed by atoms with E-state index in [0.29, 0.717) is 16.9 Å². The molecule has 0 bridgehead atoms. The highest BCUT2D eigenvalue weighted by atomic mass is 32.2. The van der Waals surface area contributed by atoms with Gasteiger partial charge < -0.3 is 4.74 Å². The van der Waals surface area contributed by atoms with Crippen molar-refractivity contribution in [2.75, 3.05) is 6.61 Å². The van der Waals surface area contributed by atoms with E-state index in [0.717, 1.165) is 0 Å². The maximum Gasteiger partial charge on any atom is 0.448 e. The Bertz CT molecular complexity index is 626. The zero-order valence-electron chi connectivity index (χ0n) is 10.8. The molecule has 0 saturated heterocycles. The van der Waals surface area contributed by atoms with E-state index < -0.39 is 11.5 Å². The molecular formula is C13H10F3NO2S2. The predicted octanol–water partition coefficient (Wildman–Crippen LogP) is 4.60.